The van der Waals surface area contributed by atoms with Gasteiger partial charge in [-0.3, -0.25) is 4.39 Å². The molecule has 0 saturated carbocycles. The molecule has 1 spiro atoms. The number of nitrogens with zero attached hydrogens (tertiary/aromatic N) is 6. The predicted octanol–water partition coefficient (Wildman–Crippen LogP) is 21.1. The van der Waals surface area contributed by atoms with E-state index in [1.807, 2.05) is 129 Å². The van der Waals surface area contributed by atoms with Crippen molar-refractivity contribution in [1.29, 1.82) is 0 Å². The molecule has 10 nitrogen and oxygen atoms in total. The number of ether oxygens (including phenoxy) is 4. The van der Waals surface area contributed by atoms with Crippen LogP contribution in [0.3, 0.4) is 0 Å². The number of pyridine rings is 6. The average molecular weight is 2630 g/mol. The number of hydrogen-bond donors (Lipinski definition) is 0. The number of halogens is 6. The van der Waals surface area contributed by atoms with E-state index >= 15 is 0 Å². The first-order valence-electron chi connectivity index (χ1n) is 35.3. The van der Waals surface area contributed by atoms with Crippen LogP contribution >= 0.6 is 15.9 Å². The molecule has 6 aliphatic carbocycles. The Balaban J connectivity index is 0.000000167. The average Bonchev–Trinajstić information content (AvgIpc) is 1.58. The summed E-state index contributed by atoms with van der Waals surface area (Å²) in [6.07, 6.45) is 7.46. The summed E-state index contributed by atoms with van der Waals surface area (Å²) in [5.74, 6) is -0.823. The maximum absolute atomic E-state index is 13.9. The molecule has 6 aromatic heterocycles. The Morgan fingerprint density at radius 3 is 1.38 bits per heavy atom. The maximum Gasteiger partial charge on any atom is 0.417 e. The van der Waals surface area contributed by atoms with Gasteiger partial charge in [0.2, 0.25) is 0 Å². The smallest absolute Gasteiger partial charge is 0.379 e. The zero-order chi connectivity index (χ0) is 74.7. The molecule has 12 aromatic rings. The van der Waals surface area contributed by atoms with E-state index in [9.17, 15) is 22.0 Å². The molecule has 1 aliphatic heterocycles. The van der Waals surface area contributed by atoms with Crippen molar-refractivity contribution >= 4 is 15.9 Å². The summed E-state index contributed by atoms with van der Waals surface area (Å²) in [5, 5.41) is 0. The molecule has 1 fully saturated rings. The molecule has 22 heteroatoms. The number of methoxy groups -OCH3 is 1. The first-order chi connectivity index (χ1) is 50.8. The van der Waals surface area contributed by atoms with Gasteiger partial charge in [-0.25, -0.2) is 4.39 Å². The van der Waals surface area contributed by atoms with Crippen LogP contribution in [-0.2, 0) is 179 Å². The molecule has 0 amide bonds. The van der Waals surface area contributed by atoms with Gasteiger partial charge in [-0.15, -0.1) is 172 Å². The van der Waals surface area contributed by atoms with E-state index in [0.29, 0.717) is 47.1 Å². The molecule has 7 heterocycles. The molecule has 1 saturated heterocycles. The fraction of sp³-hybridized carbons (Fsp3) is 0.267. The number of hydrogen-bond acceptors (Lipinski definition) is 10. The van der Waals surface area contributed by atoms with Gasteiger partial charge in [0.05, 0.1) is 30.0 Å². The summed E-state index contributed by atoms with van der Waals surface area (Å²) in [6.45, 7) is 22.9. The maximum atomic E-state index is 13.9. The summed E-state index contributed by atoms with van der Waals surface area (Å²) in [4.78, 5) is 26.2. The second-order valence-electron chi connectivity index (χ2n) is 28.9. The fourth-order valence-corrected chi connectivity index (χ4v) is 16.4. The Kier molecular flexibility index (Phi) is 30.0. The van der Waals surface area contributed by atoms with Gasteiger partial charge in [-0.1, -0.05) is 158 Å². The van der Waals surface area contributed by atoms with Gasteiger partial charge in [-0.2, -0.15) is 13.2 Å². The first kappa shape index (κ1) is 91.6. The summed E-state index contributed by atoms with van der Waals surface area (Å²) in [7, 11) is 1.74. The van der Waals surface area contributed by atoms with Crippen molar-refractivity contribution in [1.82, 2.24) is 29.9 Å². The molecule has 0 bridgehead atoms. The summed E-state index contributed by atoms with van der Waals surface area (Å²) >= 11 is 3.63. The summed E-state index contributed by atoms with van der Waals surface area (Å²) < 4.78 is 90.8. The third-order valence-electron chi connectivity index (χ3n) is 21.4. The minimum atomic E-state index is -4.44. The van der Waals surface area contributed by atoms with Gasteiger partial charge >= 0.3 is 6.18 Å². The minimum absolute atomic E-state index is 0. The predicted molar refractivity (Wildman–Crippen MR) is 403 cm³/mol. The number of rotatable bonds is 5. The Hall–Kier alpha value is -5.91. The van der Waals surface area contributed by atoms with Crippen LogP contribution in [0.25, 0.3) is 67.5 Å². The zero-order valence-electron chi connectivity index (χ0n) is 62.7. The number of aromatic nitrogens is 6. The number of alkyl halides is 3. The van der Waals surface area contributed by atoms with E-state index in [0.717, 1.165) is 126 Å². The van der Waals surface area contributed by atoms with Crippen LogP contribution in [0, 0.1) is 54.0 Å². The third-order valence-corrected chi connectivity index (χ3v) is 22.1. The van der Waals surface area contributed by atoms with Gasteiger partial charge in [0.1, 0.15) is 0 Å². The molecular weight excluding hydrogens is 2560 g/mol. The van der Waals surface area contributed by atoms with Crippen LogP contribution in [0.1, 0.15) is 154 Å². The van der Waals surface area contributed by atoms with Crippen molar-refractivity contribution in [2.24, 2.45) is 5.92 Å². The minimum Gasteiger partial charge on any atom is -0.379 e. The zero-order valence-corrected chi connectivity index (χ0v) is 78.6. The van der Waals surface area contributed by atoms with Crippen molar-refractivity contribution in [2.75, 3.05) is 26.9 Å². The van der Waals surface area contributed by atoms with Gasteiger partial charge in [-0.05, 0) is 124 Å². The molecule has 6 aromatic carbocycles. The second kappa shape index (κ2) is 36.7. The molecule has 6 radical (unpaired) electrons. The molecule has 112 heavy (non-hydrogen) atoms. The van der Waals surface area contributed by atoms with E-state index in [-0.39, 0.29) is 137 Å². The van der Waals surface area contributed by atoms with E-state index in [2.05, 4.69) is 154 Å². The summed E-state index contributed by atoms with van der Waals surface area (Å²) in [6, 6.07) is 67.8. The van der Waals surface area contributed by atoms with Crippen LogP contribution in [0.15, 0.2) is 199 Å². The first-order valence-corrected chi connectivity index (χ1v) is 36.1. The van der Waals surface area contributed by atoms with Crippen LogP contribution in [0.4, 0.5) is 22.0 Å². The van der Waals surface area contributed by atoms with E-state index in [4.69, 9.17) is 18.9 Å². The summed E-state index contributed by atoms with van der Waals surface area (Å²) in [5.41, 5.74) is 20.4. The number of fused-ring (bicyclic) bond motifs is 20. The molecule has 592 valence electrons. The van der Waals surface area contributed by atoms with E-state index in [1.165, 1.54) is 34.9 Å². The second-order valence-corrected chi connectivity index (χ2v) is 29.7. The Morgan fingerprint density at radius 1 is 0.455 bits per heavy atom. The quantitative estimate of drug-likeness (QED) is 0.122. The monoisotopic (exact) mass is 2640 g/mol. The van der Waals surface area contributed by atoms with Crippen molar-refractivity contribution in [3.63, 3.8) is 0 Å². The van der Waals surface area contributed by atoms with Crippen molar-refractivity contribution in [3.05, 3.63) is 320 Å². The molecule has 0 N–H and O–H groups in total. The van der Waals surface area contributed by atoms with Crippen LogP contribution < -0.4 is 0 Å². The Bertz CT molecular complexity index is 5110. The molecule has 3 unspecified atom stereocenters. The van der Waals surface area contributed by atoms with E-state index in [1.54, 1.807) is 39.4 Å². The topological polar surface area (TPSA) is 114 Å². The van der Waals surface area contributed by atoms with Crippen molar-refractivity contribution in [2.45, 2.75) is 121 Å². The van der Waals surface area contributed by atoms with Gasteiger partial charge in [0, 0.05) is 183 Å². The molecular formula is C90H76BrF5Ir6N6O4-6. The van der Waals surface area contributed by atoms with Crippen LogP contribution in [0.2, 0.25) is 0 Å². The van der Waals surface area contributed by atoms with E-state index < -0.39 is 40.0 Å². The van der Waals surface area contributed by atoms with Gasteiger partial charge < -0.3 is 48.9 Å². The standard InChI is InChI=1S/C18H20NO.C15H10F4N.C15H12NO2.C14H11BrN.C14H11FN.C14H12NO.6Ir/c1-4-13(2)12-20-18(3)15-9-6-5-8-14(15)17-16(18)10-7-11-19-17;1-14(2)11-6-9(16)3-4-10(11)13-12(14)5-8(7-20-13)15(17,18)19;1-2-6-12-11(5-1)14-13(7-3-8-16-14)15(12)17-9-4-10-18-15;2*1-14(2)10-6-4-8-16-13(10)9-5-3-7-11(15)12(9)14;1-14(16-2)11-7-4-3-6-10(11)13-12(14)8-5-9-15-13;;;;;;/h5-7,9-11,13H,4,12H2,1-3H3;3,5-7H,1-2H3;1-3,6-8H,4,9-10H2;2*3-4,6-8H,1-2H3;3-5,7-9H,1-2H3;;;;;;/q6*-1;;;;;;. The Morgan fingerprint density at radius 2 is 0.866 bits per heavy atom. The van der Waals surface area contributed by atoms with Crippen LogP contribution in [0.5, 0.6) is 0 Å². The normalized spacial score (nSPS) is 17.4. The Labute approximate surface area is 741 Å². The van der Waals surface area contributed by atoms with Crippen molar-refractivity contribution < 1.29 is 162 Å². The molecule has 7 aliphatic rings. The molecule has 19 rings (SSSR count). The van der Waals surface area contributed by atoms with Gasteiger partial charge in [0.15, 0.2) is 5.79 Å². The largest absolute Gasteiger partial charge is 0.417 e. The fourth-order valence-electron chi connectivity index (χ4n) is 15.5. The molecule has 3 atom stereocenters. The SMILES string of the molecule is CC1(C)c2cc(F)c[c-]c2-c2ncc(C(F)(F)F)cc21.CC1(C)c2cccnc2-c2[c-]ccc(Br)c21.CC1(C)c2cccnc2-c2[c-]ccc(F)c21.CCC(C)COC1(C)c2ccc[c-]c2-c2ncccc21.COC1(C)c2ccc[c-]c2-c2ncccc21.[Ir].[Ir].[Ir].[Ir].[Ir].[Ir].[c-]1cccc2c1-c1ncccc1C21OCCCO1. The third kappa shape index (κ3) is 16.5. The van der Waals surface area contributed by atoms with Crippen molar-refractivity contribution in [3.8, 4) is 67.5 Å². The number of benzene rings is 6. The van der Waals surface area contributed by atoms with Gasteiger partial charge in [0.25, 0.3) is 0 Å². The van der Waals surface area contributed by atoms with Crippen LogP contribution in [-0.4, -0.2) is 56.8 Å².